The third-order valence-electron chi connectivity index (χ3n) is 3.38. The van der Waals surface area contributed by atoms with Gasteiger partial charge in [-0.2, -0.15) is 0 Å². The van der Waals surface area contributed by atoms with Crippen LogP contribution in [0.5, 0.6) is 0 Å². The predicted octanol–water partition coefficient (Wildman–Crippen LogP) is 2.90. The summed E-state index contributed by atoms with van der Waals surface area (Å²) in [5, 5.41) is 1.13. The average Bonchev–Trinajstić information content (AvgIpc) is 3.19. The average molecular weight is 241 g/mol. The first kappa shape index (κ1) is 11.2. The van der Waals surface area contributed by atoms with Crippen LogP contribution in [-0.2, 0) is 9.53 Å². The van der Waals surface area contributed by atoms with Crippen molar-refractivity contribution in [3.05, 3.63) is 42.1 Å². The maximum atomic E-state index is 11.6. The third-order valence-corrected chi connectivity index (χ3v) is 3.38. The number of para-hydroxylation sites is 1. The van der Waals surface area contributed by atoms with Gasteiger partial charge in [-0.05, 0) is 25.5 Å². The van der Waals surface area contributed by atoms with Gasteiger partial charge in [-0.3, -0.25) is 9.78 Å². The molecule has 0 saturated heterocycles. The second-order valence-corrected chi connectivity index (χ2v) is 4.63. The van der Waals surface area contributed by atoms with Gasteiger partial charge in [0, 0.05) is 17.0 Å². The summed E-state index contributed by atoms with van der Waals surface area (Å²) >= 11 is 0. The quantitative estimate of drug-likeness (QED) is 0.776. The van der Waals surface area contributed by atoms with Crippen LogP contribution in [0.1, 0.15) is 25.0 Å². The van der Waals surface area contributed by atoms with Crippen LogP contribution in [0.15, 0.2) is 36.4 Å². The number of ether oxygens (including phenoxy) is 1. The summed E-state index contributed by atoms with van der Waals surface area (Å²) in [5.41, 5.74) is 2.00. The Bertz CT molecular complexity index is 594. The fourth-order valence-electron chi connectivity index (χ4n) is 2.32. The molecule has 2 aromatic rings. The molecule has 0 radical (unpaired) electrons. The fraction of sp³-hybridized carbons (Fsp3) is 0.333. The molecule has 0 unspecified atom stereocenters. The Hall–Kier alpha value is -1.90. The van der Waals surface area contributed by atoms with Crippen molar-refractivity contribution in [2.24, 2.45) is 5.92 Å². The standard InChI is InChI=1S/C15H15NO2/c1-2-18-15(17)12-9-11(12)14-8-7-10-5-3-4-6-13(10)16-14/h3-8,11-12H,2,9H2,1H3/t11-,12-/m0/s1. The summed E-state index contributed by atoms with van der Waals surface area (Å²) in [6, 6.07) is 12.1. The number of hydrogen-bond acceptors (Lipinski definition) is 3. The maximum Gasteiger partial charge on any atom is 0.309 e. The van der Waals surface area contributed by atoms with E-state index in [0.717, 1.165) is 23.0 Å². The molecule has 2 atom stereocenters. The molecule has 1 fully saturated rings. The molecule has 1 aliphatic carbocycles. The van der Waals surface area contributed by atoms with Crippen molar-refractivity contribution in [1.82, 2.24) is 4.98 Å². The molecule has 1 aromatic carbocycles. The normalized spacial score (nSPS) is 21.8. The lowest BCUT2D eigenvalue weighted by Crippen LogP contribution is -2.07. The summed E-state index contributed by atoms with van der Waals surface area (Å²) in [6.07, 6.45) is 0.865. The van der Waals surface area contributed by atoms with Crippen LogP contribution < -0.4 is 0 Å². The van der Waals surface area contributed by atoms with Gasteiger partial charge in [0.15, 0.2) is 0 Å². The zero-order valence-corrected chi connectivity index (χ0v) is 10.3. The van der Waals surface area contributed by atoms with Crippen LogP contribution in [0.25, 0.3) is 10.9 Å². The Balaban J connectivity index is 1.82. The van der Waals surface area contributed by atoms with Crippen molar-refractivity contribution in [2.75, 3.05) is 6.61 Å². The summed E-state index contributed by atoms with van der Waals surface area (Å²) in [6.45, 7) is 2.29. The predicted molar refractivity (Wildman–Crippen MR) is 69.2 cm³/mol. The van der Waals surface area contributed by atoms with Gasteiger partial charge >= 0.3 is 5.97 Å². The number of benzene rings is 1. The second kappa shape index (κ2) is 4.41. The lowest BCUT2D eigenvalue weighted by Gasteiger charge is -2.03. The van der Waals surface area contributed by atoms with Crippen molar-refractivity contribution in [1.29, 1.82) is 0 Å². The molecule has 0 bridgehead atoms. The minimum Gasteiger partial charge on any atom is -0.466 e. The summed E-state index contributed by atoms with van der Waals surface area (Å²) in [7, 11) is 0. The van der Waals surface area contributed by atoms with Crippen molar-refractivity contribution in [3.8, 4) is 0 Å². The van der Waals surface area contributed by atoms with Crippen molar-refractivity contribution in [2.45, 2.75) is 19.3 Å². The molecule has 0 spiro atoms. The molecule has 1 saturated carbocycles. The molecular weight excluding hydrogens is 226 g/mol. The van der Waals surface area contributed by atoms with Crippen LogP contribution in [-0.4, -0.2) is 17.6 Å². The van der Waals surface area contributed by atoms with Gasteiger partial charge in [0.25, 0.3) is 0 Å². The molecule has 3 heteroatoms. The van der Waals surface area contributed by atoms with E-state index in [4.69, 9.17) is 4.74 Å². The molecule has 1 aliphatic rings. The highest BCUT2D eigenvalue weighted by atomic mass is 16.5. The van der Waals surface area contributed by atoms with Crippen LogP contribution in [0, 0.1) is 5.92 Å². The molecule has 3 rings (SSSR count). The first-order valence-electron chi connectivity index (χ1n) is 6.32. The Morgan fingerprint density at radius 1 is 1.33 bits per heavy atom. The number of carbonyl (C=O) groups is 1. The Morgan fingerprint density at radius 2 is 2.17 bits per heavy atom. The number of nitrogens with zero attached hydrogens (tertiary/aromatic N) is 1. The van der Waals surface area contributed by atoms with E-state index >= 15 is 0 Å². The van der Waals surface area contributed by atoms with Crippen LogP contribution in [0.2, 0.25) is 0 Å². The lowest BCUT2D eigenvalue weighted by molar-refractivity contribution is -0.144. The summed E-state index contributed by atoms with van der Waals surface area (Å²) in [5.74, 6) is 0.171. The van der Waals surface area contributed by atoms with Crippen molar-refractivity contribution in [3.63, 3.8) is 0 Å². The second-order valence-electron chi connectivity index (χ2n) is 4.63. The van der Waals surface area contributed by atoms with Gasteiger partial charge in [0.1, 0.15) is 0 Å². The molecule has 1 heterocycles. The number of hydrogen-bond donors (Lipinski definition) is 0. The largest absolute Gasteiger partial charge is 0.466 e. The highest BCUT2D eigenvalue weighted by Crippen LogP contribution is 2.47. The van der Waals surface area contributed by atoms with Crippen LogP contribution >= 0.6 is 0 Å². The first-order chi connectivity index (χ1) is 8.79. The zero-order chi connectivity index (χ0) is 12.5. The highest BCUT2D eigenvalue weighted by molar-refractivity contribution is 5.80. The maximum absolute atomic E-state index is 11.6. The van der Waals surface area contributed by atoms with Crippen molar-refractivity contribution < 1.29 is 9.53 Å². The minimum absolute atomic E-state index is 0.0126. The van der Waals surface area contributed by atoms with E-state index in [1.165, 1.54) is 0 Å². The lowest BCUT2D eigenvalue weighted by atomic mass is 10.1. The number of aromatic nitrogens is 1. The van der Waals surface area contributed by atoms with Gasteiger partial charge in [-0.1, -0.05) is 24.3 Å². The molecule has 18 heavy (non-hydrogen) atoms. The molecule has 0 amide bonds. The summed E-state index contributed by atoms with van der Waals surface area (Å²) in [4.78, 5) is 16.2. The van der Waals surface area contributed by atoms with Gasteiger partial charge < -0.3 is 4.74 Å². The summed E-state index contributed by atoms with van der Waals surface area (Å²) < 4.78 is 5.04. The number of carbonyl (C=O) groups excluding carboxylic acids is 1. The monoisotopic (exact) mass is 241 g/mol. The zero-order valence-electron chi connectivity index (χ0n) is 10.3. The number of esters is 1. The van der Waals surface area contributed by atoms with E-state index in [1.807, 2.05) is 37.3 Å². The van der Waals surface area contributed by atoms with Crippen LogP contribution in [0.4, 0.5) is 0 Å². The van der Waals surface area contributed by atoms with Crippen molar-refractivity contribution >= 4 is 16.9 Å². The smallest absolute Gasteiger partial charge is 0.309 e. The van der Waals surface area contributed by atoms with E-state index in [1.54, 1.807) is 0 Å². The van der Waals surface area contributed by atoms with Crippen LogP contribution in [0.3, 0.4) is 0 Å². The Labute approximate surface area is 106 Å². The Morgan fingerprint density at radius 3 is 3.00 bits per heavy atom. The van der Waals surface area contributed by atoms with E-state index in [0.29, 0.717) is 6.61 Å². The van der Waals surface area contributed by atoms with E-state index in [2.05, 4.69) is 11.1 Å². The number of rotatable bonds is 3. The molecule has 92 valence electrons. The van der Waals surface area contributed by atoms with Gasteiger partial charge in [0.2, 0.25) is 0 Å². The topological polar surface area (TPSA) is 39.2 Å². The first-order valence-corrected chi connectivity index (χ1v) is 6.32. The van der Waals surface area contributed by atoms with Gasteiger partial charge in [-0.25, -0.2) is 0 Å². The SMILES string of the molecule is CCOC(=O)[C@H]1C[C@@H]1c1ccc2ccccc2n1. The number of fused-ring (bicyclic) bond motifs is 1. The van der Waals surface area contributed by atoms with Gasteiger partial charge in [0.05, 0.1) is 18.0 Å². The van der Waals surface area contributed by atoms with Gasteiger partial charge in [-0.15, -0.1) is 0 Å². The van der Waals surface area contributed by atoms with E-state index < -0.39 is 0 Å². The molecule has 3 nitrogen and oxygen atoms in total. The van der Waals surface area contributed by atoms with E-state index in [9.17, 15) is 4.79 Å². The minimum atomic E-state index is -0.0857. The highest BCUT2D eigenvalue weighted by Gasteiger charge is 2.46. The Kier molecular flexibility index (Phi) is 2.74. The molecule has 1 aromatic heterocycles. The molecule has 0 N–H and O–H groups in total. The fourth-order valence-corrected chi connectivity index (χ4v) is 2.32. The molecule has 0 aliphatic heterocycles. The molecular formula is C15H15NO2. The number of pyridine rings is 1. The van der Waals surface area contributed by atoms with E-state index in [-0.39, 0.29) is 17.8 Å². The third kappa shape index (κ3) is 1.96.